The van der Waals surface area contributed by atoms with Gasteiger partial charge in [-0.05, 0) is 24.3 Å². The zero-order valence-corrected chi connectivity index (χ0v) is 19.1. The molecule has 1 saturated heterocycles. The van der Waals surface area contributed by atoms with E-state index in [0.717, 1.165) is 0 Å². The van der Waals surface area contributed by atoms with Crippen molar-refractivity contribution in [3.63, 3.8) is 0 Å². The fourth-order valence-electron chi connectivity index (χ4n) is 3.29. The third-order valence-corrected chi connectivity index (χ3v) is 4.98. The van der Waals surface area contributed by atoms with E-state index in [1.54, 1.807) is 41.3 Å². The zero-order valence-electron chi connectivity index (χ0n) is 19.1. The van der Waals surface area contributed by atoms with Crippen molar-refractivity contribution in [3.05, 3.63) is 47.5 Å². The molecule has 34 heavy (non-hydrogen) atoms. The van der Waals surface area contributed by atoms with Gasteiger partial charge in [-0.1, -0.05) is 12.1 Å². The summed E-state index contributed by atoms with van der Waals surface area (Å²) in [6.07, 6.45) is 1.32. The summed E-state index contributed by atoms with van der Waals surface area (Å²) in [5.74, 6) is -0.986. The summed E-state index contributed by atoms with van der Waals surface area (Å²) >= 11 is 0. The zero-order chi connectivity index (χ0) is 24.5. The van der Waals surface area contributed by atoms with Gasteiger partial charge in [-0.25, -0.2) is 5.43 Å². The van der Waals surface area contributed by atoms with Gasteiger partial charge in [0.1, 0.15) is 0 Å². The second-order valence-electron chi connectivity index (χ2n) is 7.06. The lowest BCUT2D eigenvalue weighted by molar-refractivity contribution is -0.136. The number of hydrogen-bond donors (Lipinski definition) is 2. The summed E-state index contributed by atoms with van der Waals surface area (Å²) in [5.41, 5.74) is 3.21. The van der Waals surface area contributed by atoms with E-state index in [9.17, 15) is 14.4 Å². The number of para-hydroxylation sites is 1. The molecule has 0 unspecified atom stereocenters. The number of hydrogen-bond acceptors (Lipinski definition) is 8. The van der Waals surface area contributed by atoms with E-state index in [1.807, 2.05) is 0 Å². The molecule has 11 heteroatoms. The fraction of sp³-hybridized carbons (Fsp3) is 0.304. The summed E-state index contributed by atoms with van der Waals surface area (Å²) in [7, 11) is 4.44. The van der Waals surface area contributed by atoms with Crippen LogP contribution in [0.25, 0.3) is 0 Å². The van der Waals surface area contributed by atoms with Crippen molar-refractivity contribution in [1.82, 2.24) is 10.3 Å². The van der Waals surface area contributed by atoms with Crippen LogP contribution in [-0.4, -0.2) is 76.5 Å². The molecule has 0 bridgehead atoms. The molecular formula is C23H26N4O7. The maximum atomic E-state index is 12.8. The molecule has 0 saturated carbocycles. The number of carbonyl (C=O) groups excluding carboxylic acids is 3. The molecular weight excluding hydrogens is 444 g/mol. The van der Waals surface area contributed by atoms with Gasteiger partial charge in [0, 0.05) is 18.7 Å². The first-order valence-corrected chi connectivity index (χ1v) is 10.4. The van der Waals surface area contributed by atoms with Crippen molar-refractivity contribution in [2.75, 3.05) is 52.9 Å². The van der Waals surface area contributed by atoms with Gasteiger partial charge in [0.25, 0.3) is 5.91 Å². The van der Waals surface area contributed by atoms with Crippen LogP contribution >= 0.6 is 0 Å². The van der Waals surface area contributed by atoms with Crippen molar-refractivity contribution in [1.29, 1.82) is 0 Å². The molecule has 3 rings (SSSR count). The van der Waals surface area contributed by atoms with E-state index in [2.05, 4.69) is 15.8 Å². The number of benzene rings is 2. The van der Waals surface area contributed by atoms with E-state index in [0.29, 0.717) is 49.1 Å². The van der Waals surface area contributed by atoms with Crippen molar-refractivity contribution in [2.24, 2.45) is 5.10 Å². The molecule has 0 spiro atoms. The van der Waals surface area contributed by atoms with E-state index >= 15 is 0 Å². The number of ether oxygens (including phenoxy) is 4. The van der Waals surface area contributed by atoms with Gasteiger partial charge in [0.15, 0.2) is 11.5 Å². The molecule has 180 valence electrons. The third kappa shape index (κ3) is 5.81. The summed E-state index contributed by atoms with van der Waals surface area (Å²) in [6.45, 7) is 1.81. The maximum absolute atomic E-state index is 12.8. The van der Waals surface area contributed by atoms with Crippen LogP contribution in [0.3, 0.4) is 0 Å². The SMILES string of the molecule is COc1cc(/C=N\NC(=O)C(=O)Nc2ccccc2C(=O)N2CCOCC2)cc(OC)c1OC. The van der Waals surface area contributed by atoms with Gasteiger partial charge in [0.05, 0.1) is 52.0 Å². The first-order valence-electron chi connectivity index (χ1n) is 10.4. The Morgan fingerprint density at radius 3 is 2.24 bits per heavy atom. The van der Waals surface area contributed by atoms with Gasteiger partial charge in [-0.15, -0.1) is 0 Å². The fourth-order valence-corrected chi connectivity index (χ4v) is 3.29. The number of anilines is 1. The standard InChI is InChI=1S/C23H26N4O7/c1-31-18-12-15(13-19(32-2)20(18)33-3)14-24-26-22(29)21(28)25-17-7-5-4-6-16(17)23(30)27-8-10-34-11-9-27/h4-7,12-14H,8-11H2,1-3H3,(H,25,28)(H,26,29)/b24-14-. The second kappa shape index (κ2) is 11.7. The molecule has 2 aromatic carbocycles. The van der Waals surface area contributed by atoms with E-state index in [4.69, 9.17) is 18.9 Å². The Morgan fingerprint density at radius 2 is 1.62 bits per heavy atom. The Labute approximate surface area is 196 Å². The summed E-state index contributed by atoms with van der Waals surface area (Å²) in [5, 5.41) is 6.29. The van der Waals surface area contributed by atoms with Crippen LogP contribution in [0.1, 0.15) is 15.9 Å². The van der Waals surface area contributed by atoms with E-state index < -0.39 is 11.8 Å². The highest BCUT2D eigenvalue weighted by molar-refractivity contribution is 6.40. The molecule has 3 amide bonds. The molecule has 1 heterocycles. The van der Waals surface area contributed by atoms with Crippen molar-refractivity contribution in [3.8, 4) is 17.2 Å². The van der Waals surface area contributed by atoms with Gasteiger partial charge < -0.3 is 29.2 Å². The Bertz CT molecular complexity index is 1060. The monoisotopic (exact) mass is 470 g/mol. The Morgan fingerprint density at radius 1 is 0.971 bits per heavy atom. The first kappa shape index (κ1) is 24.5. The lowest BCUT2D eigenvalue weighted by Gasteiger charge is -2.27. The lowest BCUT2D eigenvalue weighted by Crippen LogP contribution is -2.41. The third-order valence-electron chi connectivity index (χ3n) is 4.98. The predicted molar refractivity (Wildman–Crippen MR) is 124 cm³/mol. The molecule has 2 aromatic rings. The minimum atomic E-state index is -1.00. The van der Waals surface area contributed by atoms with Gasteiger partial charge in [-0.3, -0.25) is 14.4 Å². The van der Waals surface area contributed by atoms with Gasteiger partial charge in [-0.2, -0.15) is 5.10 Å². The molecule has 0 radical (unpaired) electrons. The first-order chi connectivity index (χ1) is 16.5. The number of rotatable bonds is 7. The molecule has 1 aliphatic heterocycles. The highest BCUT2D eigenvalue weighted by atomic mass is 16.5. The Hall–Kier alpha value is -4.12. The number of hydrazone groups is 1. The highest BCUT2D eigenvalue weighted by Crippen LogP contribution is 2.37. The van der Waals surface area contributed by atoms with Crippen LogP contribution in [-0.2, 0) is 14.3 Å². The molecule has 11 nitrogen and oxygen atoms in total. The molecule has 1 aliphatic rings. The van der Waals surface area contributed by atoms with Crippen molar-refractivity contribution >= 4 is 29.6 Å². The van der Waals surface area contributed by atoms with Crippen LogP contribution in [0.5, 0.6) is 17.2 Å². The van der Waals surface area contributed by atoms with E-state index in [1.165, 1.54) is 27.5 Å². The summed E-state index contributed by atoms with van der Waals surface area (Å²) in [6, 6.07) is 9.75. The smallest absolute Gasteiger partial charge is 0.329 e. The number of nitrogens with one attached hydrogen (secondary N) is 2. The molecule has 0 atom stereocenters. The quantitative estimate of drug-likeness (QED) is 0.354. The van der Waals surface area contributed by atoms with E-state index in [-0.39, 0.29) is 17.2 Å². The number of carbonyl (C=O) groups is 3. The summed E-state index contributed by atoms with van der Waals surface area (Å²) < 4.78 is 21.1. The van der Waals surface area contributed by atoms with Crippen LogP contribution in [0.15, 0.2) is 41.5 Å². The van der Waals surface area contributed by atoms with Gasteiger partial charge in [0.2, 0.25) is 5.75 Å². The minimum Gasteiger partial charge on any atom is -0.493 e. The summed E-state index contributed by atoms with van der Waals surface area (Å²) in [4.78, 5) is 39.1. The Balaban J connectivity index is 1.66. The van der Waals surface area contributed by atoms with Crippen LogP contribution < -0.4 is 25.0 Å². The highest BCUT2D eigenvalue weighted by Gasteiger charge is 2.23. The average molecular weight is 470 g/mol. The number of methoxy groups -OCH3 is 3. The topological polar surface area (TPSA) is 128 Å². The molecule has 1 fully saturated rings. The normalized spacial score (nSPS) is 13.3. The maximum Gasteiger partial charge on any atom is 0.329 e. The predicted octanol–water partition coefficient (Wildman–Crippen LogP) is 1.27. The van der Waals surface area contributed by atoms with Crippen LogP contribution in [0.2, 0.25) is 0 Å². The van der Waals surface area contributed by atoms with Crippen LogP contribution in [0, 0.1) is 0 Å². The Kier molecular flexibility index (Phi) is 8.41. The lowest BCUT2D eigenvalue weighted by atomic mass is 10.1. The molecule has 0 aromatic heterocycles. The second-order valence-corrected chi connectivity index (χ2v) is 7.06. The molecule has 2 N–H and O–H groups in total. The van der Waals surface area contributed by atoms with Gasteiger partial charge >= 0.3 is 11.8 Å². The van der Waals surface area contributed by atoms with Crippen molar-refractivity contribution < 1.29 is 33.3 Å². The van der Waals surface area contributed by atoms with Crippen molar-refractivity contribution in [2.45, 2.75) is 0 Å². The molecule has 0 aliphatic carbocycles. The number of amides is 3. The van der Waals surface area contributed by atoms with Crippen LogP contribution in [0.4, 0.5) is 5.69 Å². The number of nitrogens with zero attached hydrogens (tertiary/aromatic N) is 2. The minimum absolute atomic E-state index is 0.229. The average Bonchev–Trinajstić information content (AvgIpc) is 2.88. The largest absolute Gasteiger partial charge is 0.493 e. The number of morpholine rings is 1.